The predicted octanol–water partition coefficient (Wildman–Crippen LogP) is 2.18. The second-order valence-corrected chi connectivity index (χ2v) is 3.88. The summed E-state index contributed by atoms with van der Waals surface area (Å²) in [5.74, 6) is -0.540. The second-order valence-electron chi connectivity index (χ2n) is 3.48. The second kappa shape index (κ2) is 3.99. The lowest BCUT2D eigenvalue weighted by molar-refractivity contribution is -0.109. The highest BCUT2D eigenvalue weighted by Gasteiger charge is 2.21. The van der Waals surface area contributed by atoms with E-state index in [0.717, 1.165) is 23.7 Å². The van der Waals surface area contributed by atoms with Crippen LogP contribution in [0.1, 0.15) is 0 Å². The summed E-state index contributed by atoms with van der Waals surface area (Å²) in [4.78, 5) is 21.3. The van der Waals surface area contributed by atoms with E-state index in [9.17, 15) is 9.59 Å². The summed E-state index contributed by atoms with van der Waals surface area (Å²) in [6, 6.07) is 0. The molecule has 0 aromatic rings. The Morgan fingerprint density at radius 2 is 1.93 bits per heavy atom. The van der Waals surface area contributed by atoms with Crippen molar-refractivity contribution >= 4 is 24.2 Å². The van der Waals surface area contributed by atoms with Gasteiger partial charge in [0.15, 0.2) is 0 Å². The minimum Gasteiger partial charge on any atom is -0.302 e. The van der Waals surface area contributed by atoms with Crippen LogP contribution in [0.4, 0.5) is 0 Å². The highest BCUT2D eigenvalue weighted by Crippen LogP contribution is 2.34. The Kier molecular flexibility index (Phi) is 2.69. The van der Waals surface area contributed by atoms with Crippen LogP contribution in [-0.2, 0) is 9.59 Å². The van der Waals surface area contributed by atoms with E-state index in [1.165, 1.54) is 0 Å². The number of hydrogen-bond acceptors (Lipinski definition) is 2. The molecule has 0 aliphatic heterocycles. The highest BCUT2D eigenvalue weighted by atomic mass is 35.5. The molecule has 15 heavy (non-hydrogen) atoms. The molecular weight excluding hydrogens is 212 g/mol. The van der Waals surface area contributed by atoms with Gasteiger partial charge >= 0.3 is 0 Å². The minimum absolute atomic E-state index is 0.189. The van der Waals surface area contributed by atoms with Gasteiger partial charge < -0.3 is 9.59 Å². The Bertz CT molecular complexity index is 427. The first-order chi connectivity index (χ1) is 7.26. The van der Waals surface area contributed by atoms with Crippen molar-refractivity contribution in [3.8, 4) is 0 Å². The molecule has 0 N–H and O–H groups in total. The molecule has 76 valence electrons. The molecule has 0 aromatic carbocycles. The summed E-state index contributed by atoms with van der Waals surface area (Å²) in [5.41, 5.74) is 1.76. The summed E-state index contributed by atoms with van der Waals surface area (Å²) in [6.45, 7) is 0. The smallest absolute Gasteiger partial charge is 0.132 e. The Labute approximate surface area is 92.6 Å². The van der Waals surface area contributed by atoms with Crippen LogP contribution in [0, 0.1) is 11.8 Å². The van der Waals surface area contributed by atoms with Crippen LogP contribution in [0.2, 0.25) is 0 Å². The standard InChI is InChI=1S/C12H9ClO2/c13-12-10(7-15)3-2-9-5-8(6-14)1-4-11(9)12/h1-8,10H. The lowest BCUT2D eigenvalue weighted by atomic mass is 9.87. The van der Waals surface area contributed by atoms with Crippen LogP contribution in [0.5, 0.6) is 0 Å². The molecule has 2 aliphatic carbocycles. The van der Waals surface area contributed by atoms with E-state index in [1.807, 2.05) is 12.2 Å². The normalized spacial score (nSPS) is 28.5. The molecule has 0 fully saturated rings. The van der Waals surface area contributed by atoms with Crippen molar-refractivity contribution in [1.82, 2.24) is 0 Å². The number of carbonyl (C=O) groups excluding carboxylic acids is 2. The van der Waals surface area contributed by atoms with Gasteiger partial charge in [0, 0.05) is 5.03 Å². The Morgan fingerprint density at radius 3 is 2.60 bits per heavy atom. The molecule has 0 amide bonds. The third kappa shape index (κ3) is 1.73. The van der Waals surface area contributed by atoms with Gasteiger partial charge in [-0.25, -0.2) is 0 Å². The number of hydrogen-bond donors (Lipinski definition) is 0. The first-order valence-corrected chi connectivity index (χ1v) is 5.03. The number of allylic oxidation sites excluding steroid dienone is 8. The van der Waals surface area contributed by atoms with Gasteiger partial charge in [0.2, 0.25) is 0 Å². The van der Waals surface area contributed by atoms with Gasteiger partial charge in [-0.3, -0.25) is 0 Å². The monoisotopic (exact) mass is 220 g/mol. The minimum atomic E-state index is -0.351. The van der Waals surface area contributed by atoms with Gasteiger partial charge in [-0.05, 0) is 11.1 Å². The molecule has 2 aliphatic rings. The molecule has 0 radical (unpaired) electrons. The molecule has 0 bridgehead atoms. The van der Waals surface area contributed by atoms with E-state index < -0.39 is 0 Å². The number of aldehydes is 2. The number of carbonyl (C=O) groups is 2. The quantitative estimate of drug-likeness (QED) is 0.669. The van der Waals surface area contributed by atoms with E-state index in [4.69, 9.17) is 11.6 Å². The zero-order valence-corrected chi connectivity index (χ0v) is 8.65. The highest BCUT2D eigenvalue weighted by molar-refractivity contribution is 6.32. The van der Waals surface area contributed by atoms with Crippen molar-refractivity contribution in [3.63, 3.8) is 0 Å². The first kappa shape index (κ1) is 10.1. The molecule has 2 atom stereocenters. The van der Waals surface area contributed by atoms with Crippen LogP contribution < -0.4 is 0 Å². The summed E-state index contributed by atoms with van der Waals surface area (Å²) < 4.78 is 0. The van der Waals surface area contributed by atoms with Gasteiger partial charge in [-0.1, -0.05) is 42.0 Å². The van der Waals surface area contributed by atoms with Crippen molar-refractivity contribution in [2.75, 3.05) is 0 Å². The largest absolute Gasteiger partial charge is 0.302 e. The third-order valence-corrected chi connectivity index (χ3v) is 2.96. The Hall–Kier alpha value is -1.41. The molecular formula is C12H9ClO2. The number of rotatable bonds is 2. The molecule has 2 nitrogen and oxygen atoms in total. The molecule has 0 spiro atoms. The van der Waals surface area contributed by atoms with Crippen LogP contribution in [-0.4, -0.2) is 12.6 Å². The van der Waals surface area contributed by atoms with Crippen molar-refractivity contribution in [1.29, 1.82) is 0 Å². The average molecular weight is 221 g/mol. The zero-order chi connectivity index (χ0) is 10.8. The molecule has 0 heterocycles. The SMILES string of the molecule is O=CC1C=CC2=C(Cl)C(C=O)C=CC2=C1. The van der Waals surface area contributed by atoms with Crippen molar-refractivity contribution < 1.29 is 9.59 Å². The lowest BCUT2D eigenvalue weighted by Gasteiger charge is -2.20. The fraction of sp³-hybridized carbons (Fsp3) is 0.167. The molecule has 0 saturated carbocycles. The molecule has 2 unspecified atom stereocenters. The first-order valence-electron chi connectivity index (χ1n) is 4.65. The maximum atomic E-state index is 10.7. The van der Waals surface area contributed by atoms with Gasteiger partial charge in [-0.15, -0.1) is 0 Å². The summed E-state index contributed by atoms with van der Waals surface area (Å²) in [5, 5.41) is 0.527. The fourth-order valence-corrected chi connectivity index (χ4v) is 1.98. The third-order valence-electron chi connectivity index (χ3n) is 2.50. The zero-order valence-electron chi connectivity index (χ0n) is 7.89. The molecule has 0 aromatic heterocycles. The summed E-state index contributed by atoms with van der Waals surface area (Å²) in [7, 11) is 0. The lowest BCUT2D eigenvalue weighted by Crippen LogP contribution is -2.10. The van der Waals surface area contributed by atoms with E-state index in [-0.39, 0.29) is 11.8 Å². The Balaban J connectivity index is 2.42. The maximum absolute atomic E-state index is 10.7. The molecule has 0 saturated heterocycles. The van der Waals surface area contributed by atoms with Crippen molar-refractivity contribution in [2.24, 2.45) is 11.8 Å². The summed E-state index contributed by atoms with van der Waals surface area (Å²) in [6.07, 6.45) is 10.7. The van der Waals surface area contributed by atoms with Crippen LogP contribution in [0.25, 0.3) is 0 Å². The van der Waals surface area contributed by atoms with E-state index >= 15 is 0 Å². The van der Waals surface area contributed by atoms with Crippen LogP contribution in [0.3, 0.4) is 0 Å². The van der Waals surface area contributed by atoms with Gasteiger partial charge in [-0.2, -0.15) is 0 Å². The van der Waals surface area contributed by atoms with Crippen LogP contribution >= 0.6 is 11.6 Å². The number of fused-ring (bicyclic) bond motifs is 1. The number of halogens is 1. The topological polar surface area (TPSA) is 34.1 Å². The van der Waals surface area contributed by atoms with E-state index in [1.54, 1.807) is 18.2 Å². The van der Waals surface area contributed by atoms with E-state index in [2.05, 4.69) is 0 Å². The van der Waals surface area contributed by atoms with Gasteiger partial charge in [0.05, 0.1) is 11.8 Å². The van der Waals surface area contributed by atoms with Gasteiger partial charge in [0.1, 0.15) is 12.6 Å². The van der Waals surface area contributed by atoms with Gasteiger partial charge in [0.25, 0.3) is 0 Å². The molecule has 3 heteroatoms. The van der Waals surface area contributed by atoms with Crippen LogP contribution in [0.15, 0.2) is 46.6 Å². The summed E-state index contributed by atoms with van der Waals surface area (Å²) >= 11 is 6.06. The van der Waals surface area contributed by atoms with Crippen molar-refractivity contribution in [2.45, 2.75) is 0 Å². The van der Waals surface area contributed by atoms with E-state index in [0.29, 0.717) is 5.03 Å². The predicted molar refractivity (Wildman–Crippen MR) is 58.4 cm³/mol. The fourth-order valence-electron chi connectivity index (χ4n) is 1.68. The average Bonchev–Trinajstić information content (AvgIpc) is 2.29. The molecule has 2 rings (SSSR count). The van der Waals surface area contributed by atoms with Crippen molar-refractivity contribution in [3.05, 3.63) is 46.6 Å². The Morgan fingerprint density at radius 1 is 1.13 bits per heavy atom. The maximum Gasteiger partial charge on any atom is 0.132 e.